The topological polar surface area (TPSA) is 73.0 Å². The standard InChI is InChI=1S/C26H36N4O3S/c1-21(22-9-5-3-6-10-22)19-26(31)27-24-20-23(34(32,33)30-13-7-4-8-14-30)11-12-25(24)29-17-15-28(2)16-18-29/h3,5-6,9-12,20-21H,4,7-8,13-19H2,1-2H3,(H,27,31)/t21-/m1/s1. The quantitative estimate of drug-likeness (QED) is 0.648. The van der Waals surface area contributed by atoms with Gasteiger partial charge in [0.15, 0.2) is 0 Å². The highest BCUT2D eigenvalue weighted by molar-refractivity contribution is 7.89. The normalized spacial score (nSPS) is 19.1. The first-order chi connectivity index (χ1) is 16.3. The molecule has 8 heteroatoms. The molecule has 2 fully saturated rings. The summed E-state index contributed by atoms with van der Waals surface area (Å²) < 4.78 is 28.2. The number of piperazine rings is 1. The van der Waals surface area contributed by atoms with E-state index < -0.39 is 10.0 Å². The Bertz CT molecular complexity index is 1080. The molecule has 7 nitrogen and oxygen atoms in total. The fraction of sp³-hybridized carbons (Fsp3) is 0.500. The fourth-order valence-electron chi connectivity index (χ4n) is 4.73. The molecule has 2 saturated heterocycles. The van der Waals surface area contributed by atoms with Gasteiger partial charge in [0.05, 0.1) is 16.3 Å². The molecule has 0 radical (unpaired) electrons. The van der Waals surface area contributed by atoms with Crippen LogP contribution in [0.15, 0.2) is 53.4 Å². The van der Waals surface area contributed by atoms with Gasteiger partial charge in [0.25, 0.3) is 0 Å². The molecule has 1 amide bonds. The Morgan fingerprint density at radius 1 is 0.941 bits per heavy atom. The Kier molecular flexibility index (Phi) is 7.91. The van der Waals surface area contributed by atoms with E-state index in [-0.39, 0.29) is 16.7 Å². The summed E-state index contributed by atoms with van der Waals surface area (Å²) in [5.41, 5.74) is 2.57. The van der Waals surface area contributed by atoms with Crippen molar-refractivity contribution in [3.05, 3.63) is 54.1 Å². The number of hydrogen-bond acceptors (Lipinski definition) is 5. The Morgan fingerprint density at radius 3 is 2.29 bits per heavy atom. The number of benzene rings is 2. The summed E-state index contributed by atoms with van der Waals surface area (Å²) in [6.45, 7) is 6.65. The van der Waals surface area contributed by atoms with Crippen LogP contribution in [0.1, 0.15) is 44.1 Å². The number of anilines is 2. The van der Waals surface area contributed by atoms with Crippen LogP contribution in [0.4, 0.5) is 11.4 Å². The van der Waals surface area contributed by atoms with Crippen LogP contribution in [0, 0.1) is 0 Å². The van der Waals surface area contributed by atoms with Crippen molar-refractivity contribution in [2.24, 2.45) is 0 Å². The second-order valence-electron chi connectivity index (χ2n) is 9.50. The van der Waals surface area contributed by atoms with Crippen LogP contribution in [-0.2, 0) is 14.8 Å². The summed E-state index contributed by atoms with van der Waals surface area (Å²) >= 11 is 0. The number of likely N-dealkylation sites (N-methyl/N-ethyl adjacent to an activating group) is 1. The van der Waals surface area contributed by atoms with Crippen LogP contribution < -0.4 is 10.2 Å². The molecule has 2 aromatic carbocycles. The fourth-order valence-corrected chi connectivity index (χ4v) is 6.28. The van der Waals surface area contributed by atoms with Crippen LogP contribution in [0.25, 0.3) is 0 Å². The summed E-state index contributed by atoms with van der Waals surface area (Å²) in [5.74, 6) is -0.0483. The smallest absolute Gasteiger partial charge is 0.243 e. The number of amides is 1. The SMILES string of the molecule is C[C@H](CC(=O)Nc1cc(S(=O)(=O)N2CCCCC2)ccc1N1CCN(C)CC1)c1ccccc1. The van der Waals surface area contributed by atoms with Crippen molar-refractivity contribution in [1.82, 2.24) is 9.21 Å². The lowest BCUT2D eigenvalue weighted by molar-refractivity contribution is -0.116. The number of sulfonamides is 1. The van der Waals surface area contributed by atoms with E-state index in [0.717, 1.165) is 56.7 Å². The van der Waals surface area contributed by atoms with E-state index in [0.29, 0.717) is 25.2 Å². The predicted molar refractivity (Wildman–Crippen MR) is 137 cm³/mol. The van der Waals surface area contributed by atoms with Gasteiger partial charge >= 0.3 is 0 Å². The van der Waals surface area contributed by atoms with Crippen molar-refractivity contribution in [2.75, 3.05) is 56.5 Å². The second-order valence-corrected chi connectivity index (χ2v) is 11.4. The van der Waals surface area contributed by atoms with Crippen LogP contribution in [-0.4, -0.2) is 69.8 Å². The molecule has 1 N–H and O–H groups in total. The maximum atomic E-state index is 13.3. The first-order valence-corrected chi connectivity index (χ1v) is 13.7. The minimum Gasteiger partial charge on any atom is -0.367 e. The predicted octanol–water partition coefficient (Wildman–Crippen LogP) is 3.75. The Morgan fingerprint density at radius 2 is 1.62 bits per heavy atom. The highest BCUT2D eigenvalue weighted by atomic mass is 32.2. The van der Waals surface area contributed by atoms with Crippen molar-refractivity contribution >= 4 is 27.3 Å². The molecule has 2 aromatic rings. The second kappa shape index (κ2) is 10.9. The van der Waals surface area contributed by atoms with Crippen LogP contribution in [0.3, 0.4) is 0 Å². The van der Waals surface area contributed by atoms with Crippen LogP contribution >= 0.6 is 0 Å². The zero-order valence-corrected chi connectivity index (χ0v) is 21.1. The third-order valence-corrected chi connectivity index (χ3v) is 8.79. The molecule has 4 rings (SSSR count). The number of hydrogen-bond donors (Lipinski definition) is 1. The molecule has 2 heterocycles. The van der Waals surface area contributed by atoms with Gasteiger partial charge in [-0.15, -0.1) is 0 Å². The summed E-state index contributed by atoms with van der Waals surface area (Å²) in [5, 5.41) is 3.06. The van der Waals surface area contributed by atoms with Crippen LogP contribution in [0.5, 0.6) is 0 Å². The van der Waals surface area contributed by atoms with Gasteiger partial charge < -0.3 is 15.1 Å². The zero-order valence-electron chi connectivity index (χ0n) is 20.2. The Balaban J connectivity index is 1.59. The average molecular weight is 485 g/mol. The third kappa shape index (κ3) is 5.79. The molecule has 0 aliphatic carbocycles. The van der Waals surface area contributed by atoms with Crippen molar-refractivity contribution < 1.29 is 13.2 Å². The number of piperidine rings is 1. The third-order valence-electron chi connectivity index (χ3n) is 6.90. The monoisotopic (exact) mass is 484 g/mol. The molecule has 0 saturated carbocycles. The molecule has 0 spiro atoms. The van der Waals surface area contributed by atoms with Gasteiger partial charge in [-0.3, -0.25) is 4.79 Å². The van der Waals surface area contributed by atoms with Crippen molar-refractivity contribution in [1.29, 1.82) is 0 Å². The van der Waals surface area contributed by atoms with Crippen LogP contribution in [0.2, 0.25) is 0 Å². The Labute approximate surface area is 203 Å². The summed E-state index contributed by atoms with van der Waals surface area (Å²) in [6.07, 6.45) is 3.17. The average Bonchev–Trinajstić information content (AvgIpc) is 2.85. The van der Waals surface area contributed by atoms with Crippen molar-refractivity contribution in [3.8, 4) is 0 Å². The molecule has 34 heavy (non-hydrogen) atoms. The van der Waals surface area contributed by atoms with Gasteiger partial charge in [-0.2, -0.15) is 4.31 Å². The first-order valence-electron chi connectivity index (χ1n) is 12.3. The molecule has 0 bridgehead atoms. The number of nitrogens with zero attached hydrogens (tertiary/aromatic N) is 3. The van der Waals surface area contributed by atoms with E-state index in [4.69, 9.17) is 0 Å². The largest absolute Gasteiger partial charge is 0.367 e. The zero-order chi connectivity index (χ0) is 24.1. The van der Waals surface area contributed by atoms with Gasteiger partial charge in [0, 0.05) is 45.7 Å². The lowest BCUT2D eigenvalue weighted by Gasteiger charge is -2.35. The lowest BCUT2D eigenvalue weighted by atomic mass is 9.97. The highest BCUT2D eigenvalue weighted by Crippen LogP contribution is 2.32. The van der Waals surface area contributed by atoms with E-state index in [1.165, 1.54) is 0 Å². The number of rotatable bonds is 7. The lowest BCUT2D eigenvalue weighted by Crippen LogP contribution is -2.44. The van der Waals surface area contributed by atoms with Gasteiger partial charge in [-0.05, 0) is 49.6 Å². The van der Waals surface area contributed by atoms with Gasteiger partial charge in [0.2, 0.25) is 15.9 Å². The number of carbonyl (C=O) groups excluding carboxylic acids is 1. The first kappa shape index (κ1) is 24.7. The van der Waals surface area contributed by atoms with Crippen molar-refractivity contribution in [2.45, 2.75) is 43.4 Å². The minimum atomic E-state index is -3.59. The molecule has 1 atom stereocenters. The Hall–Kier alpha value is -2.42. The maximum Gasteiger partial charge on any atom is 0.243 e. The van der Waals surface area contributed by atoms with E-state index in [9.17, 15) is 13.2 Å². The molecule has 0 aromatic heterocycles. The molecule has 0 unspecified atom stereocenters. The number of carbonyl (C=O) groups is 1. The van der Waals surface area contributed by atoms with E-state index in [1.807, 2.05) is 43.3 Å². The van der Waals surface area contributed by atoms with E-state index in [1.54, 1.807) is 16.4 Å². The summed E-state index contributed by atoms with van der Waals surface area (Å²) in [4.78, 5) is 17.8. The molecular formula is C26H36N4O3S. The van der Waals surface area contributed by atoms with E-state index >= 15 is 0 Å². The minimum absolute atomic E-state index is 0.0635. The van der Waals surface area contributed by atoms with E-state index in [2.05, 4.69) is 22.2 Å². The molecule has 184 valence electrons. The number of nitrogens with one attached hydrogen (secondary N) is 1. The summed E-state index contributed by atoms with van der Waals surface area (Å²) in [6, 6.07) is 15.2. The molecule has 2 aliphatic heterocycles. The maximum absolute atomic E-state index is 13.3. The summed E-state index contributed by atoms with van der Waals surface area (Å²) in [7, 11) is -1.49. The molecular weight excluding hydrogens is 448 g/mol. The highest BCUT2D eigenvalue weighted by Gasteiger charge is 2.28. The van der Waals surface area contributed by atoms with Gasteiger partial charge in [0.1, 0.15) is 0 Å². The van der Waals surface area contributed by atoms with Crippen molar-refractivity contribution in [3.63, 3.8) is 0 Å². The molecule has 2 aliphatic rings. The van der Waals surface area contributed by atoms with Gasteiger partial charge in [-0.1, -0.05) is 43.7 Å². The van der Waals surface area contributed by atoms with Gasteiger partial charge in [-0.25, -0.2) is 8.42 Å².